The normalized spacial score (nSPS) is 27.5. The van der Waals surface area contributed by atoms with Gasteiger partial charge in [0.2, 0.25) is 11.8 Å². The Bertz CT molecular complexity index is 607. The molecule has 0 bridgehead atoms. The lowest BCUT2D eigenvalue weighted by atomic mass is 9.78. The third kappa shape index (κ3) is 3.52. The molecule has 3 unspecified atom stereocenters. The molecule has 3 rings (SSSR count). The zero-order valence-electron chi connectivity index (χ0n) is 13.6. The first kappa shape index (κ1) is 16.3. The molecule has 3 atom stereocenters. The van der Waals surface area contributed by atoms with Crippen molar-refractivity contribution < 1.29 is 9.59 Å². The Labute approximate surface area is 141 Å². The van der Waals surface area contributed by atoms with Gasteiger partial charge in [-0.05, 0) is 30.4 Å². The molecule has 1 saturated carbocycles. The largest absolute Gasteiger partial charge is 0.352 e. The van der Waals surface area contributed by atoms with Gasteiger partial charge in [0.15, 0.2) is 0 Å². The number of anilines is 1. The van der Waals surface area contributed by atoms with Gasteiger partial charge in [0.05, 0.1) is 11.4 Å². The summed E-state index contributed by atoms with van der Waals surface area (Å²) < 4.78 is 0. The number of rotatable bonds is 3. The molecule has 1 N–H and O–H groups in total. The van der Waals surface area contributed by atoms with E-state index in [0.29, 0.717) is 17.6 Å². The summed E-state index contributed by atoms with van der Waals surface area (Å²) in [5, 5.41) is 3.96. The third-order valence-corrected chi connectivity index (χ3v) is 6.01. The summed E-state index contributed by atoms with van der Waals surface area (Å²) in [4.78, 5) is 30.5. The Hall–Kier alpha value is -1.56. The topological polar surface area (TPSA) is 62.3 Å². The number of nitrogens with zero attached hydrogens (tertiary/aromatic N) is 2. The molecular formula is C17H23N3O2S. The van der Waals surface area contributed by atoms with Crippen LogP contribution in [0.3, 0.4) is 0 Å². The standard InChI is InChI=1S/C17H23N3O2S/c1-11-5-3-6-13(12(11)2)19-15(21)9-20-14-7-4-8-18-17(14)23-10-16(20)22/h4,7-8,11-13H,3,5-6,9-10H2,1-2H3,(H,19,21). The Morgan fingerprint density at radius 2 is 2.26 bits per heavy atom. The second-order valence-corrected chi connectivity index (χ2v) is 7.50. The van der Waals surface area contributed by atoms with E-state index in [9.17, 15) is 9.59 Å². The van der Waals surface area contributed by atoms with Crippen LogP contribution in [-0.2, 0) is 9.59 Å². The van der Waals surface area contributed by atoms with Gasteiger partial charge in [-0.15, -0.1) is 0 Å². The highest BCUT2D eigenvalue weighted by Gasteiger charge is 2.31. The van der Waals surface area contributed by atoms with Crippen molar-refractivity contribution in [3.8, 4) is 0 Å². The minimum absolute atomic E-state index is 0.0317. The molecule has 0 saturated heterocycles. The average Bonchev–Trinajstić information content (AvgIpc) is 2.54. The SMILES string of the molecule is CC1CCCC(NC(=O)CN2C(=O)CSc3ncccc32)C1C. The monoisotopic (exact) mass is 333 g/mol. The van der Waals surface area contributed by atoms with E-state index < -0.39 is 0 Å². The van der Waals surface area contributed by atoms with E-state index in [2.05, 4.69) is 24.1 Å². The molecule has 2 amide bonds. The van der Waals surface area contributed by atoms with Crippen LogP contribution >= 0.6 is 11.8 Å². The summed E-state index contributed by atoms with van der Waals surface area (Å²) in [6.07, 6.45) is 5.13. The van der Waals surface area contributed by atoms with Crippen LogP contribution in [0.5, 0.6) is 0 Å². The lowest BCUT2D eigenvalue weighted by molar-refractivity contribution is -0.124. The molecule has 1 aliphatic heterocycles. The smallest absolute Gasteiger partial charge is 0.240 e. The van der Waals surface area contributed by atoms with Gasteiger partial charge in [0.25, 0.3) is 0 Å². The van der Waals surface area contributed by atoms with Gasteiger partial charge in [0, 0.05) is 12.2 Å². The van der Waals surface area contributed by atoms with Crippen LogP contribution in [0, 0.1) is 11.8 Å². The predicted molar refractivity (Wildman–Crippen MR) is 91.4 cm³/mol. The van der Waals surface area contributed by atoms with Gasteiger partial charge in [0.1, 0.15) is 11.6 Å². The third-order valence-electron chi connectivity index (χ3n) is 5.03. The fraction of sp³-hybridized carbons (Fsp3) is 0.588. The highest BCUT2D eigenvalue weighted by Crippen LogP contribution is 2.33. The van der Waals surface area contributed by atoms with E-state index in [0.717, 1.165) is 23.6 Å². The van der Waals surface area contributed by atoms with E-state index >= 15 is 0 Å². The zero-order chi connectivity index (χ0) is 16.4. The Morgan fingerprint density at radius 1 is 1.43 bits per heavy atom. The first-order valence-electron chi connectivity index (χ1n) is 8.24. The summed E-state index contributed by atoms with van der Waals surface area (Å²) in [6.45, 7) is 4.53. The molecular weight excluding hydrogens is 310 g/mol. The maximum atomic E-state index is 12.5. The Morgan fingerprint density at radius 3 is 3.09 bits per heavy atom. The highest BCUT2D eigenvalue weighted by atomic mass is 32.2. The Kier molecular flexibility index (Phi) is 4.90. The quantitative estimate of drug-likeness (QED) is 0.923. The van der Waals surface area contributed by atoms with Crippen molar-refractivity contribution in [2.24, 2.45) is 11.8 Å². The number of amides is 2. The number of aromatic nitrogens is 1. The number of carbonyl (C=O) groups excluding carboxylic acids is 2. The van der Waals surface area contributed by atoms with Gasteiger partial charge >= 0.3 is 0 Å². The van der Waals surface area contributed by atoms with E-state index in [1.807, 2.05) is 6.07 Å². The van der Waals surface area contributed by atoms with Crippen molar-refractivity contribution >= 4 is 29.3 Å². The van der Waals surface area contributed by atoms with Gasteiger partial charge < -0.3 is 5.32 Å². The van der Waals surface area contributed by atoms with Gasteiger partial charge in [-0.25, -0.2) is 4.98 Å². The number of hydrogen-bond donors (Lipinski definition) is 1. The van der Waals surface area contributed by atoms with Crippen LogP contribution in [0.2, 0.25) is 0 Å². The molecule has 23 heavy (non-hydrogen) atoms. The molecule has 0 spiro atoms. The minimum Gasteiger partial charge on any atom is -0.352 e. The maximum absolute atomic E-state index is 12.5. The highest BCUT2D eigenvalue weighted by molar-refractivity contribution is 8.00. The molecule has 6 heteroatoms. The van der Waals surface area contributed by atoms with Crippen molar-refractivity contribution in [3.63, 3.8) is 0 Å². The van der Waals surface area contributed by atoms with Crippen LogP contribution in [0.25, 0.3) is 0 Å². The van der Waals surface area contributed by atoms with Crippen molar-refractivity contribution in [2.45, 2.75) is 44.2 Å². The van der Waals surface area contributed by atoms with Crippen LogP contribution in [0.15, 0.2) is 23.4 Å². The zero-order valence-corrected chi connectivity index (χ0v) is 14.4. The maximum Gasteiger partial charge on any atom is 0.240 e. The van der Waals surface area contributed by atoms with E-state index in [1.54, 1.807) is 17.2 Å². The second-order valence-electron chi connectivity index (χ2n) is 6.54. The van der Waals surface area contributed by atoms with Crippen molar-refractivity contribution in [3.05, 3.63) is 18.3 Å². The average molecular weight is 333 g/mol. The lowest BCUT2D eigenvalue weighted by Crippen LogP contribution is -2.49. The van der Waals surface area contributed by atoms with Crippen LogP contribution in [0.1, 0.15) is 33.1 Å². The fourth-order valence-electron chi connectivity index (χ4n) is 3.40. The summed E-state index contributed by atoms with van der Waals surface area (Å²) in [6, 6.07) is 3.87. The van der Waals surface area contributed by atoms with Crippen LogP contribution in [-0.4, -0.2) is 35.1 Å². The van der Waals surface area contributed by atoms with E-state index in [-0.39, 0.29) is 24.4 Å². The number of fused-ring (bicyclic) bond motifs is 1. The molecule has 2 aliphatic rings. The summed E-state index contributed by atoms with van der Waals surface area (Å²) >= 11 is 1.43. The summed E-state index contributed by atoms with van der Waals surface area (Å²) in [5.74, 6) is 1.34. The van der Waals surface area contributed by atoms with Crippen molar-refractivity contribution in [2.75, 3.05) is 17.2 Å². The molecule has 0 aromatic carbocycles. The minimum atomic E-state index is -0.0778. The number of nitrogens with one attached hydrogen (secondary N) is 1. The molecule has 124 valence electrons. The second kappa shape index (κ2) is 6.91. The molecule has 1 aromatic rings. The van der Waals surface area contributed by atoms with Crippen LogP contribution < -0.4 is 10.2 Å². The van der Waals surface area contributed by atoms with E-state index in [4.69, 9.17) is 0 Å². The number of carbonyl (C=O) groups is 2. The molecule has 0 radical (unpaired) electrons. The predicted octanol–water partition coefficient (Wildman–Crippen LogP) is 2.46. The summed E-state index contributed by atoms with van der Waals surface area (Å²) in [5.41, 5.74) is 0.744. The molecule has 2 heterocycles. The van der Waals surface area contributed by atoms with Gasteiger partial charge in [-0.3, -0.25) is 14.5 Å². The van der Waals surface area contributed by atoms with Crippen LogP contribution in [0.4, 0.5) is 5.69 Å². The lowest BCUT2D eigenvalue weighted by Gasteiger charge is -2.35. The summed E-state index contributed by atoms with van der Waals surface area (Å²) in [7, 11) is 0. The number of thioether (sulfide) groups is 1. The first-order valence-corrected chi connectivity index (χ1v) is 9.22. The van der Waals surface area contributed by atoms with Gasteiger partial charge in [-0.1, -0.05) is 38.5 Å². The molecule has 5 nitrogen and oxygen atoms in total. The molecule has 1 fully saturated rings. The van der Waals surface area contributed by atoms with Crippen molar-refractivity contribution in [1.82, 2.24) is 10.3 Å². The first-order chi connectivity index (χ1) is 11.1. The van der Waals surface area contributed by atoms with Gasteiger partial charge in [-0.2, -0.15) is 0 Å². The van der Waals surface area contributed by atoms with Crippen molar-refractivity contribution in [1.29, 1.82) is 0 Å². The number of pyridine rings is 1. The molecule has 1 aromatic heterocycles. The Balaban J connectivity index is 1.67. The molecule has 1 aliphatic carbocycles. The fourth-order valence-corrected chi connectivity index (χ4v) is 4.27. The number of hydrogen-bond acceptors (Lipinski definition) is 4. The van der Waals surface area contributed by atoms with E-state index in [1.165, 1.54) is 18.2 Å².